The van der Waals surface area contributed by atoms with Crippen LogP contribution >= 0.6 is 11.8 Å². The van der Waals surface area contributed by atoms with Gasteiger partial charge in [0.15, 0.2) is 11.0 Å². The van der Waals surface area contributed by atoms with Crippen molar-refractivity contribution in [3.05, 3.63) is 89.7 Å². The Kier molecular flexibility index (Phi) is 7.73. The molecule has 1 aromatic heterocycles. The summed E-state index contributed by atoms with van der Waals surface area (Å²) in [5, 5.41) is 17.0. The Morgan fingerprint density at radius 2 is 1.56 bits per heavy atom. The van der Waals surface area contributed by atoms with Crippen molar-refractivity contribution in [3.63, 3.8) is 0 Å². The van der Waals surface area contributed by atoms with E-state index in [1.807, 2.05) is 66.9 Å². The maximum absolute atomic E-state index is 12.5. The first-order valence-electron chi connectivity index (χ1n) is 11.0. The second-order valence-corrected chi connectivity index (χ2v) is 10.6. The zero-order valence-corrected chi connectivity index (χ0v) is 21.3. The van der Waals surface area contributed by atoms with Gasteiger partial charge in [-0.2, -0.15) is 0 Å². The molecule has 9 nitrogen and oxygen atoms in total. The number of aryl methyl sites for hydroxylation is 2. The van der Waals surface area contributed by atoms with E-state index in [1.165, 1.54) is 36.0 Å². The summed E-state index contributed by atoms with van der Waals surface area (Å²) in [4.78, 5) is 12.5. The van der Waals surface area contributed by atoms with Crippen molar-refractivity contribution in [1.82, 2.24) is 14.8 Å². The molecule has 0 aliphatic rings. The van der Waals surface area contributed by atoms with Gasteiger partial charge in [0.25, 0.3) is 0 Å². The average molecular weight is 524 g/mol. The number of benzene rings is 3. The predicted molar refractivity (Wildman–Crippen MR) is 139 cm³/mol. The number of primary sulfonamides is 1. The molecule has 1 heterocycles. The minimum Gasteiger partial charge on any atom is -0.486 e. The Morgan fingerprint density at radius 3 is 2.17 bits per heavy atom. The van der Waals surface area contributed by atoms with Crippen LogP contribution in [0.5, 0.6) is 5.75 Å². The van der Waals surface area contributed by atoms with Crippen molar-refractivity contribution in [1.29, 1.82) is 0 Å². The summed E-state index contributed by atoms with van der Waals surface area (Å²) in [6, 6.07) is 21.3. The number of ether oxygens (including phenoxy) is 1. The van der Waals surface area contributed by atoms with Gasteiger partial charge in [-0.05, 0) is 62.4 Å². The lowest BCUT2D eigenvalue weighted by Gasteiger charge is -2.12. The number of carbonyl (C=O) groups excluding carboxylic acids is 1. The van der Waals surface area contributed by atoms with Gasteiger partial charge in [0.2, 0.25) is 15.9 Å². The van der Waals surface area contributed by atoms with Crippen molar-refractivity contribution in [2.45, 2.75) is 30.5 Å². The van der Waals surface area contributed by atoms with Crippen molar-refractivity contribution in [2.75, 3.05) is 11.1 Å². The number of rotatable bonds is 9. The zero-order valence-electron chi connectivity index (χ0n) is 19.7. The summed E-state index contributed by atoms with van der Waals surface area (Å²) in [5.74, 6) is 1.11. The van der Waals surface area contributed by atoms with Crippen LogP contribution in [0, 0.1) is 13.8 Å². The lowest BCUT2D eigenvalue weighted by Crippen LogP contribution is -2.15. The first-order chi connectivity index (χ1) is 17.2. The molecule has 4 aromatic rings. The molecule has 0 aliphatic heterocycles. The van der Waals surface area contributed by atoms with Gasteiger partial charge in [-0.3, -0.25) is 9.36 Å². The molecule has 3 N–H and O–H groups in total. The molecule has 0 radical (unpaired) electrons. The molecule has 0 saturated carbocycles. The standard InChI is InChI=1S/C25H25N5O4S2/c1-17-3-9-20(10-4-17)30-23(15-34-21-11-5-18(2)6-12-21)28-29-25(30)35-16-24(31)27-19-7-13-22(14-8-19)36(26,32)33/h3-14H,15-16H2,1-2H3,(H,27,31)(H2,26,32,33). The first kappa shape index (κ1) is 25.4. The first-order valence-corrected chi connectivity index (χ1v) is 13.5. The monoisotopic (exact) mass is 523 g/mol. The minimum absolute atomic E-state index is 0.0264. The second kappa shape index (κ2) is 10.9. The highest BCUT2D eigenvalue weighted by Gasteiger charge is 2.17. The summed E-state index contributed by atoms with van der Waals surface area (Å²) < 4.78 is 30.6. The highest BCUT2D eigenvalue weighted by atomic mass is 32.2. The Bertz CT molecular complexity index is 1450. The number of carbonyl (C=O) groups is 1. The molecule has 0 unspecified atom stereocenters. The van der Waals surface area contributed by atoms with Gasteiger partial charge in [0, 0.05) is 11.4 Å². The average Bonchev–Trinajstić information content (AvgIpc) is 3.25. The van der Waals surface area contributed by atoms with Crippen LogP contribution < -0.4 is 15.2 Å². The van der Waals surface area contributed by atoms with Crippen molar-refractivity contribution in [3.8, 4) is 11.4 Å². The Morgan fingerprint density at radius 1 is 0.944 bits per heavy atom. The highest BCUT2D eigenvalue weighted by molar-refractivity contribution is 7.99. The minimum atomic E-state index is -3.80. The lowest BCUT2D eigenvalue weighted by molar-refractivity contribution is -0.113. The topological polar surface area (TPSA) is 129 Å². The molecule has 0 spiro atoms. The molecule has 186 valence electrons. The number of aromatic nitrogens is 3. The van der Waals surface area contributed by atoms with E-state index in [4.69, 9.17) is 9.88 Å². The third-order valence-corrected chi connectivity index (χ3v) is 7.04. The maximum atomic E-state index is 12.5. The summed E-state index contributed by atoms with van der Waals surface area (Å²) in [5.41, 5.74) is 3.57. The van der Waals surface area contributed by atoms with Gasteiger partial charge in [0.1, 0.15) is 12.4 Å². The van der Waals surface area contributed by atoms with Crippen LogP contribution in [0.3, 0.4) is 0 Å². The number of nitrogens with one attached hydrogen (secondary N) is 1. The fraction of sp³-hybridized carbons (Fsp3) is 0.160. The Labute approximate surface area is 213 Å². The molecule has 11 heteroatoms. The van der Waals surface area contributed by atoms with Gasteiger partial charge in [-0.25, -0.2) is 13.6 Å². The molecular weight excluding hydrogens is 498 g/mol. The fourth-order valence-corrected chi connectivity index (χ4v) is 4.56. The quantitative estimate of drug-likeness (QED) is 0.319. The largest absolute Gasteiger partial charge is 0.486 e. The van der Waals surface area contributed by atoms with E-state index in [9.17, 15) is 13.2 Å². The summed E-state index contributed by atoms with van der Waals surface area (Å²) in [7, 11) is -3.80. The Hall–Kier alpha value is -3.67. The third kappa shape index (κ3) is 6.51. The lowest BCUT2D eigenvalue weighted by atomic mass is 10.2. The van der Waals surface area contributed by atoms with Crippen molar-refractivity contribution < 1.29 is 17.9 Å². The molecule has 4 rings (SSSR count). The highest BCUT2D eigenvalue weighted by Crippen LogP contribution is 2.24. The van der Waals surface area contributed by atoms with Crippen LogP contribution in [-0.4, -0.2) is 34.8 Å². The van der Waals surface area contributed by atoms with Crippen LogP contribution in [0.25, 0.3) is 5.69 Å². The van der Waals surface area contributed by atoms with E-state index in [0.29, 0.717) is 16.7 Å². The zero-order chi connectivity index (χ0) is 25.7. The normalized spacial score (nSPS) is 11.3. The van der Waals surface area contributed by atoms with Crippen LogP contribution in [-0.2, 0) is 21.4 Å². The SMILES string of the molecule is Cc1ccc(OCc2nnc(SCC(=O)Nc3ccc(S(N)(=O)=O)cc3)n2-c2ccc(C)cc2)cc1. The number of hydrogen-bond acceptors (Lipinski definition) is 7. The molecule has 3 aromatic carbocycles. The van der Waals surface area contributed by atoms with Gasteiger partial charge in [-0.15, -0.1) is 10.2 Å². The number of thioether (sulfide) groups is 1. The molecule has 0 saturated heterocycles. The van der Waals surface area contributed by atoms with Crippen LogP contribution in [0.2, 0.25) is 0 Å². The van der Waals surface area contributed by atoms with E-state index in [0.717, 1.165) is 22.6 Å². The van der Waals surface area contributed by atoms with Crippen LogP contribution in [0.1, 0.15) is 17.0 Å². The summed E-state index contributed by atoms with van der Waals surface area (Å²) in [6.45, 7) is 4.22. The Balaban J connectivity index is 1.48. The van der Waals surface area contributed by atoms with E-state index >= 15 is 0 Å². The van der Waals surface area contributed by atoms with Gasteiger partial charge in [-0.1, -0.05) is 47.2 Å². The number of nitrogens with zero attached hydrogens (tertiary/aromatic N) is 3. The molecule has 0 bridgehead atoms. The number of amides is 1. The van der Waals surface area contributed by atoms with Gasteiger partial charge < -0.3 is 10.1 Å². The van der Waals surface area contributed by atoms with Crippen molar-refractivity contribution in [2.24, 2.45) is 5.14 Å². The number of sulfonamides is 1. The molecule has 1 amide bonds. The van der Waals surface area contributed by atoms with Gasteiger partial charge >= 0.3 is 0 Å². The second-order valence-electron chi connectivity index (χ2n) is 8.08. The smallest absolute Gasteiger partial charge is 0.238 e. The molecule has 0 fully saturated rings. The maximum Gasteiger partial charge on any atom is 0.238 e. The van der Waals surface area contributed by atoms with E-state index in [1.54, 1.807) is 0 Å². The van der Waals surface area contributed by atoms with E-state index < -0.39 is 10.0 Å². The fourth-order valence-electron chi connectivity index (χ4n) is 3.28. The molecule has 0 aliphatic carbocycles. The number of nitrogens with two attached hydrogens (primary N) is 1. The molecular formula is C25H25N5O4S2. The van der Waals surface area contributed by atoms with Crippen molar-refractivity contribution >= 4 is 33.4 Å². The van der Waals surface area contributed by atoms with E-state index in [2.05, 4.69) is 15.5 Å². The van der Waals surface area contributed by atoms with Crippen LogP contribution in [0.4, 0.5) is 5.69 Å². The summed E-state index contributed by atoms with van der Waals surface area (Å²) in [6.07, 6.45) is 0. The van der Waals surface area contributed by atoms with E-state index in [-0.39, 0.29) is 23.2 Å². The third-order valence-electron chi connectivity index (χ3n) is 5.18. The number of anilines is 1. The molecule has 36 heavy (non-hydrogen) atoms. The van der Waals surface area contributed by atoms with Crippen LogP contribution in [0.15, 0.2) is 82.8 Å². The molecule has 0 atom stereocenters. The number of hydrogen-bond donors (Lipinski definition) is 2. The predicted octanol–water partition coefficient (Wildman–Crippen LogP) is 3.84. The van der Waals surface area contributed by atoms with Gasteiger partial charge in [0.05, 0.1) is 10.6 Å². The summed E-state index contributed by atoms with van der Waals surface area (Å²) >= 11 is 1.23.